The van der Waals surface area contributed by atoms with Gasteiger partial charge >= 0.3 is 5.97 Å². The van der Waals surface area contributed by atoms with Crippen LogP contribution in [0, 0.1) is 28.6 Å². The second kappa shape index (κ2) is 5.48. The number of rotatable bonds is 2. The predicted molar refractivity (Wildman–Crippen MR) is 106 cm³/mol. The first-order valence-corrected chi connectivity index (χ1v) is 10.9. The van der Waals surface area contributed by atoms with Crippen LogP contribution in [0.3, 0.4) is 0 Å². The third-order valence-electron chi connectivity index (χ3n) is 9.27. The van der Waals surface area contributed by atoms with E-state index in [0.29, 0.717) is 12.8 Å². The Labute approximate surface area is 171 Å². The lowest BCUT2D eigenvalue weighted by molar-refractivity contribution is -0.184. The second-order valence-electron chi connectivity index (χ2n) is 10.4. The van der Waals surface area contributed by atoms with Crippen LogP contribution in [0.2, 0.25) is 0 Å². The summed E-state index contributed by atoms with van der Waals surface area (Å²) in [5.74, 6) is 0.415. The number of hydrogen-bond acceptors (Lipinski definition) is 5. The van der Waals surface area contributed by atoms with Crippen molar-refractivity contribution in [3.05, 3.63) is 23.8 Å². The summed E-state index contributed by atoms with van der Waals surface area (Å²) in [7, 11) is 0. The van der Waals surface area contributed by atoms with Crippen LogP contribution in [0.15, 0.2) is 23.8 Å². The standard InChI is InChI=1S/C24H30O5/c1-13-10-19-17-7-9-23(14(2)25,28-15(3)26)22(17,5)12-20-24(19,29-20)21(4)8-6-16(27)11-18(13)21/h6,8,11,13,17,19-20H,7,9-10,12H2,1-5H3. The smallest absolute Gasteiger partial charge is 0.303 e. The van der Waals surface area contributed by atoms with E-state index in [1.54, 1.807) is 13.0 Å². The molecule has 0 aromatic rings. The molecule has 4 fully saturated rings. The van der Waals surface area contributed by atoms with Crippen molar-refractivity contribution in [2.75, 3.05) is 0 Å². The van der Waals surface area contributed by atoms with Gasteiger partial charge in [0.1, 0.15) is 5.60 Å². The van der Waals surface area contributed by atoms with E-state index in [1.165, 1.54) is 12.5 Å². The molecule has 5 aliphatic rings. The third-order valence-corrected chi connectivity index (χ3v) is 9.27. The van der Waals surface area contributed by atoms with Gasteiger partial charge in [0, 0.05) is 17.8 Å². The molecule has 1 saturated heterocycles. The first kappa shape index (κ1) is 19.2. The molecule has 0 aromatic carbocycles. The molecule has 0 aromatic heterocycles. The highest BCUT2D eigenvalue weighted by molar-refractivity contribution is 6.01. The Morgan fingerprint density at radius 2 is 1.93 bits per heavy atom. The van der Waals surface area contributed by atoms with E-state index in [9.17, 15) is 14.4 Å². The van der Waals surface area contributed by atoms with Crippen LogP contribution in [0.25, 0.3) is 0 Å². The molecule has 8 atom stereocenters. The lowest BCUT2D eigenvalue weighted by Crippen LogP contribution is -2.62. The Morgan fingerprint density at radius 1 is 1.21 bits per heavy atom. The summed E-state index contributed by atoms with van der Waals surface area (Å²) in [6, 6.07) is 0. The Balaban J connectivity index is 1.61. The molecule has 29 heavy (non-hydrogen) atoms. The SMILES string of the molecule is CC(=O)OC1(C(C)=O)CCC2C3CC(C)C4=CC(=O)C=CC4(C)C34OC4CC21C. The average Bonchev–Trinajstić information content (AvgIpc) is 3.27. The van der Waals surface area contributed by atoms with E-state index >= 15 is 0 Å². The summed E-state index contributed by atoms with van der Waals surface area (Å²) in [5, 5.41) is 0. The van der Waals surface area contributed by atoms with E-state index in [0.717, 1.165) is 12.8 Å². The summed E-state index contributed by atoms with van der Waals surface area (Å²) in [5.41, 5.74) is -0.900. The van der Waals surface area contributed by atoms with Crippen molar-refractivity contribution in [1.29, 1.82) is 0 Å². The van der Waals surface area contributed by atoms with Gasteiger partial charge in [-0.1, -0.05) is 25.5 Å². The Kier molecular flexibility index (Phi) is 3.64. The number of allylic oxidation sites excluding steroid dienone is 2. The van der Waals surface area contributed by atoms with Crippen LogP contribution in [0.4, 0.5) is 0 Å². The van der Waals surface area contributed by atoms with Gasteiger partial charge in [-0.25, -0.2) is 0 Å². The lowest BCUT2D eigenvalue weighted by Gasteiger charge is -2.57. The van der Waals surface area contributed by atoms with E-state index in [-0.39, 0.29) is 46.4 Å². The first-order valence-electron chi connectivity index (χ1n) is 10.9. The number of fused-ring (bicyclic) bond motifs is 3. The zero-order valence-corrected chi connectivity index (χ0v) is 17.9. The molecule has 0 amide bonds. The monoisotopic (exact) mass is 398 g/mol. The Hall–Kier alpha value is -1.75. The minimum absolute atomic E-state index is 0.0138. The molecule has 1 heterocycles. The minimum atomic E-state index is -1.06. The molecule has 4 aliphatic carbocycles. The fourth-order valence-electron chi connectivity index (χ4n) is 8.09. The fraction of sp³-hybridized carbons (Fsp3) is 0.708. The molecule has 5 nitrogen and oxygen atoms in total. The van der Waals surface area contributed by atoms with Gasteiger partial charge in [-0.2, -0.15) is 0 Å². The van der Waals surface area contributed by atoms with Gasteiger partial charge in [-0.05, 0) is 69.4 Å². The number of carbonyl (C=O) groups is 3. The molecule has 5 heteroatoms. The molecule has 3 saturated carbocycles. The van der Waals surface area contributed by atoms with Gasteiger partial charge in [-0.3, -0.25) is 14.4 Å². The largest absolute Gasteiger partial charge is 0.451 e. The van der Waals surface area contributed by atoms with Crippen LogP contribution < -0.4 is 0 Å². The number of carbonyl (C=O) groups excluding carboxylic acids is 3. The maximum Gasteiger partial charge on any atom is 0.303 e. The molecule has 0 radical (unpaired) electrons. The van der Waals surface area contributed by atoms with Crippen LogP contribution in [0.5, 0.6) is 0 Å². The summed E-state index contributed by atoms with van der Waals surface area (Å²) < 4.78 is 12.4. The van der Waals surface area contributed by atoms with Crippen molar-refractivity contribution < 1.29 is 23.9 Å². The van der Waals surface area contributed by atoms with Crippen LogP contribution in [0.1, 0.15) is 60.3 Å². The minimum Gasteiger partial charge on any atom is -0.451 e. The van der Waals surface area contributed by atoms with E-state index in [2.05, 4.69) is 26.8 Å². The van der Waals surface area contributed by atoms with Crippen LogP contribution in [-0.2, 0) is 23.9 Å². The van der Waals surface area contributed by atoms with E-state index in [1.807, 2.05) is 6.08 Å². The van der Waals surface area contributed by atoms with E-state index in [4.69, 9.17) is 9.47 Å². The number of ketones is 2. The van der Waals surface area contributed by atoms with Crippen molar-refractivity contribution in [3.63, 3.8) is 0 Å². The molecule has 0 bridgehead atoms. The van der Waals surface area contributed by atoms with Gasteiger partial charge in [0.15, 0.2) is 17.2 Å². The quantitative estimate of drug-likeness (QED) is 0.525. The van der Waals surface area contributed by atoms with Gasteiger partial charge in [0.25, 0.3) is 0 Å². The average molecular weight is 398 g/mol. The van der Waals surface area contributed by atoms with Gasteiger partial charge in [0.2, 0.25) is 0 Å². The summed E-state index contributed by atoms with van der Waals surface area (Å²) >= 11 is 0. The number of hydrogen-bond donors (Lipinski definition) is 0. The van der Waals surface area contributed by atoms with Gasteiger partial charge < -0.3 is 9.47 Å². The molecule has 5 rings (SSSR count). The van der Waals surface area contributed by atoms with Crippen molar-refractivity contribution in [1.82, 2.24) is 0 Å². The fourth-order valence-corrected chi connectivity index (χ4v) is 8.09. The second-order valence-corrected chi connectivity index (χ2v) is 10.4. The molecular weight excluding hydrogens is 368 g/mol. The zero-order chi connectivity index (χ0) is 21.0. The molecular formula is C24H30O5. The highest BCUT2D eigenvalue weighted by Crippen LogP contribution is 2.76. The number of esters is 1. The van der Waals surface area contributed by atoms with Gasteiger partial charge in [0.05, 0.1) is 6.10 Å². The Morgan fingerprint density at radius 3 is 2.59 bits per heavy atom. The number of epoxide rings is 1. The van der Waals surface area contributed by atoms with Crippen molar-refractivity contribution in [2.24, 2.45) is 28.6 Å². The molecule has 8 unspecified atom stereocenters. The topological polar surface area (TPSA) is 73.0 Å². The maximum atomic E-state index is 12.9. The molecule has 156 valence electrons. The molecule has 1 aliphatic heterocycles. The van der Waals surface area contributed by atoms with Crippen LogP contribution in [-0.4, -0.2) is 34.8 Å². The summed E-state index contributed by atoms with van der Waals surface area (Å²) in [4.78, 5) is 36.9. The zero-order valence-electron chi connectivity index (χ0n) is 17.9. The van der Waals surface area contributed by atoms with E-state index < -0.39 is 17.0 Å². The third kappa shape index (κ3) is 2.03. The normalized spacial score (nSPS) is 51.9. The van der Waals surface area contributed by atoms with Crippen molar-refractivity contribution in [3.8, 4) is 0 Å². The van der Waals surface area contributed by atoms with Crippen molar-refractivity contribution in [2.45, 2.75) is 77.6 Å². The van der Waals surface area contributed by atoms with Crippen LogP contribution >= 0.6 is 0 Å². The highest BCUT2D eigenvalue weighted by Gasteiger charge is 2.82. The predicted octanol–water partition coefficient (Wildman–Crippen LogP) is 3.56. The molecule has 1 spiro atoms. The number of Topliss-reactive ketones (excluding diaryl/α,β-unsaturated/α-hetero) is 1. The first-order chi connectivity index (χ1) is 13.5. The summed E-state index contributed by atoms with van der Waals surface area (Å²) in [6.07, 6.45) is 8.67. The highest BCUT2D eigenvalue weighted by atomic mass is 16.6. The van der Waals surface area contributed by atoms with Crippen molar-refractivity contribution >= 4 is 17.5 Å². The maximum absolute atomic E-state index is 12.9. The van der Waals surface area contributed by atoms with Gasteiger partial charge in [-0.15, -0.1) is 0 Å². The Bertz CT molecular complexity index is 901. The summed E-state index contributed by atoms with van der Waals surface area (Å²) in [6.45, 7) is 9.51. The lowest BCUT2D eigenvalue weighted by atomic mass is 9.45. The number of ether oxygens (including phenoxy) is 2. The molecule has 0 N–H and O–H groups in total.